The van der Waals surface area contributed by atoms with Crippen molar-refractivity contribution in [2.45, 2.75) is 6.92 Å². The number of ether oxygens (including phenoxy) is 1. The summed E-state index contributed by atoms with van der Waals surface area (Å²) < 4.78 is 10.6. The number of carbonyl (C=O) groups is 1. The molecule has 30 heavy (non-hydrogen) atoms. The number of nitro groups is 1. The highest BCUT2D eigenvalue weighted by atomic mass is 16.6. The summed E-state index contributed by atoms with van der Waals surface area (Å²) in [5.41, 5.74) is 1.09. The molecule has 148 valence electrons. The van der Waals surface area contributed by atoms with Crippen LogP contribution in [0.2, 0.25) is 0 Å². The predicted molar refractivity (Wildman–Crippen MR) is 108 cm³/mol. The summed E-state index contributed by atoms with van der Waals surface area (Å²) in [5, 5.41) is 15.4. The van der Waals surface area contributed by atoms with E-state index in [0.717, 1.165) is 5.56 Å². The van der Waals surface area contributed by atoms with E-state index in [1.165, 1.54) is 18.2 Å². The summed E-state index contributed by atoms with van der Waals surface area (Å²) in [6.45, 7) is 1.69. The van der Waals surface area contributed by atoms with Crippen molar-refractivity contribution in [1.29, 1.82) is 0 Å². The Bertz CT molecular complexity index is 1220. The van der Waals surface area contributed by atoms with Crippen molar-refractivity contribution < 1.29 is 19.0 Å². The number of hydrogen-bond donors (Lipinski definition) is 0. The predicted octanol–water partition coefficient (Wildman–Crippen LogP) is 4.98. The van der Waals surface area contributed by atoms with Crippen molar-refractivity contribution in [2.24, 2.45) is 0 Å². The van der Waals surface area contributed by atoms with E-state index < -0.39 is 4.92 Å². The summed E-state index contributed by atoms with van der Waals surface area (Å²) in [6, 6.07) is 19.5. The largest absolute Gasteiger partial charge is 0.450 e. The van der Waals surface area contributed by atoms with Crippen LogP contribution in [0.25, 0.3) is 11.4 Å². The molecule has 0 aliphatic heterocycles. The molecular weight excluding hydrogens is 386 g/mol. The molecule has 4 rings (SSSR count). The van der Waals surface area contributed by atoms with Crippen molar-refractivity contribution >= 4 is 11.5 Å². The lowest BCUT2D eigenvalue weighted by atomic mass is 10.0. The van der Waals surface area contributed by atoms with Gasteiger partial charge in [0.1, 0.15) is 5.75 Å². The zero-order valence-corrected chi connectivity index (χ0v) is 15.8. The Morgan fingerprint density at radius 3 is 2.37 bits per heavy atom. The fourth-order valence-corrected chi connectivity index (χ4v) is 2.86. The van der Waals surface area contributed by atoms with E-state index in [1.807, 2.05) is 0 Å². The molecule has 1 aromatic heterocycles. The van der Waals surface area contributed by atoms with Gasteiger partial charge in [-0.25, -0.2) is 0 Å². The second-order valence-electron chi connectivity index (χ2n) is 6.40. The first-order chi connectivity index (χ1) is 14.5. The fourth-order valence-electron chi connectivity index (χ4n) is 2.86. The molecule has 0 radical (unpaired) electrons. The third-order valence-corrected chi connectivity index (χ3v) is 4.32. The average molecular weight is 401 g/mol. The number of nitro benzene ring substituents is 1. The number of carbonyl (C=O) groups excluding carboxylic acids is 1. The van der Waals surface area contributed by atoms with Crippen LogP contribution in [0.5, 0.6) is 11.5 Å². The van der Waals surface area contributed by atoms with Crippen LogP contribution in [0, 0.1) is 17.0 Å². The molecule has 0 aliphatic carbocycles. The lowest BCUT2D eigenvalue weighted by Gasteiger charge is -2.08. The summed E-state index contributed by atoms with van der Waals surface area (Å²) in [6.07, 6.45) is 0. The van der Waals surface area contributed by atoms with E-state index >= 15 is 0 Å². The van der Waals surface area contributed by atoms with E-state index in [1.54, 1.807) is 61.5 Å². The minimum absolute atomic E-state index is 0.0350. The van der Waals surface area contributed by atoms with E-state index in [9.17, 15) is 14.9 Å². The van der Waals surface area contributed by atoms with Gasteiger partial charge >= 0.3 is 5.69 Å². The van der Waals surface area contributed by atoms with Crippen LogP contribution in [0.4, 0.5) is 5.69 Å². The van der Waals surface area contributed by atoms with Crippen LogP contribution in [0.15, 0.2) is 77.3 Å². The smallest absolute Gasteiger partial charge is 0.312 e. The van der Waals surface area contributed by atoms with Crippen LogP contribution in [-0.2, 0) is 0 Å². The van der Waals surface area contributed by atoms with Gasteiger partial charge in [0.25, 0.3) is 0 Å². The zero-order valence-electron chi connectivity index (χ0n) is 15.8. The average Bonchev–Trinajstić information content (AvgIpc) is 3.21. The number of aromatic nitrogens is 2. The van der Waals surface area contributed by atoms with Crippen LogP contribution in [-0.4, -0.2) is 20.8 Å². The molecule has 3 aromatic carbocycles. The maximum absolute atomic E-state index is 12.6. The Morgan fingerprint density at radius 1 is 1.00 bits per heavy atom. The molecule has 0 saturated carbocycles. The topological polar surface area (TPSA) is 108 Å². The molecule has 8 heteroatoms. The number of benzene rings is 3. The van der Waals surface area contributed by atoms with Gasteiger partial charge in [-0.15, -0.1) is 0 Å². The standard InChI is InChI=1S/C22H15N3O5/c1-14-23-22(24-30-14)16-7-10-18(11-8-16)29-20-12-9-17(13-19(20)25(27)28)21(26)15-5-3-2-4-6-15/h2-13H,1H3. The monoisotopic (exact) mass is 401 g/mol. The lowest BCUT2D eigenvalue weighted by molar-refractivity contribution is -0.385. The highest BCUT2D eigenvalue weighted by molar-refractivity contribution is 6.09. The first-order valence-corrected chi connectivity index (χ1v) is 8.98. The van der Waals surface area contributed by atoms with Gasteiger partial charge in [0, 0.05) is 29.7 Å². The lowest BCUT2D eigenvalue weighted by Crippen LogP contribution is -2.03. The van der Waals surface area contributed by atoms with Gasteiger partial charge < -0.3 is 9.26 Å². The molecule has 0 amide bonds. The summed E-state index contributed by atoms with van der Waals surface area (Å²) in [7, 11) is 0. The normalized spacial score (nSPS) is 10.6. The maximum Gasteiger partial charge on any atom is 0.312 e. The van der Waals surface area contributed by atoms with Gasteiger partial charge in [-0.2, -0.15) is 4.98 Å². The second-order valence-corrected chi connectivity index (χ2v) is 6.40. The molecule has 8 nitrogen and oxygen atoms in total. The maximum atomic E-state index is 12.6. The van der Waals surface area contributed by atoms with Crippen molar-refractivity contribution in [2.75, 3.05) is 0 Å². The van der Waals surface area contributed by atoms with Gasteiger partial charge in [0.15, 0.2) is 5.78 Å². The third-order valence-electron chi connectivity index (χ3n) is 4.32. The van der Waals surface area contributed by atoms with Gasteiger partial charge in [0.2, 0.25) is 17.5 Å². The van der Waals surface area contributed by atoms with Gasteiger partial charge in [-0.1, -0.05) is 35.5 Å². The Kier molecular flexibility index (Phi) is 5.04. The number of rotatable bonds is 6. The molecule has 0 atom stereocenters. The van der Waals surface area contributed by atoms with Crippen molar-refractivity contribution in [3.63, 3.8) is 0 Å². The molecule has 0 fully saturated rings. The minimum Gasteiger partial charge on any atom is -0.450 e. The van der Waals surface area contributed by atoms with Gasteiger partial charge in [-0.05, 0) is 36.4 Å². The highest BCUT2D eigenvalue weighted by Crippen LogP contribution is 2.33. The number of aryl methyl sites for hydroxylation is 1. The van der Waals surface area contributed by atoms with E-state index in [-0.39, 0.29) is 22.8 Å². The SMILES string of the molecule is Cc1nc(-c2ccc(Oc3ccc(C(=O)c4ccccc4)cc3[N+](=O)[O-])cc2)no1. The van der Waals surface area contributed by atoms with Crippen LogP contribution in [0.3, 0.4) is 0 Å². The Morgan fingerprint density at radius 2 is 1.73 bits per heavy atom. The third kappa shape index (κ3) is 3.93. The molecule has 0 unspecified atom stereocenters. The van der Waals surface area contributed by atoms with Crippen molar-refractivity contribution in [1.82, 2.24) is 10.1 Å². The fraction of sp³-hybridized carbons (Fsp3) is 0.0455. The molecule has 0 bridgehead atoms. The number of nitrogens with zero attached hydrogens (tertiary/aromatic N) is 3. The van der Waals surface area contributed by atoms with Crippen LogP contribution in [0.1, 0.15) is 21.8 Å². The number of ketones is 1. The van der Waals surface area contributed by atoms with Gasteiger partial charge in [0.05, 0.1) is 4.92 Å². The molecular formula is C22H15N3O5. The Hall–Kier alpha value is -4.33. The summed E-state index contributed by atoms with van der Waals surface area (Å²) >= 11 is 0. The quantitative estimate of drug-likeness (QED) is 0.255. The molecule has 0 aliphatic rings. The first-order valence-electron chi connectivity index (χ1n) is 8.98. The highest BCUT2D eigenvalue weighted by Gasteiger charge is 2.20. The minimum atomic E-state index is -0.576. The molecule has 0 N–H and O–H groups in total. The summed E-state index contributed by atoms with van der Waals surface area (Å²) in [5.74, 6) is 1.02. The van der Waals surface area contributed by atoms with E-state index in [2.05, 4.69) is 10.1 Å². The molecule has 4 aromatic rings. The zero-order chi connectivity index (χ0) is 21.1. The molecule has 0 saturated heterocycles. The first kappa shape index (κ1) is 19.0. The summed E-state index contributed by atoms with van der Waals surface area (Å²) in [4.78, 5) is 27.7. The van der Waals surface area contributed by atoms with Crippen LogP contribution < -0.4 is 4.74 Å². The van der Waals surface area contributed by atoms with Crippen LogP contribution >= 0.6 is 0 Å². The number of hydrogen-bond acceptors (Lipinski definition) is 7. The Labute approximate surface area is 170 Å². The Balaban J connectivity index is 1.59. The van der Waals surface area contributed by atoms with Crippen molar-refractivity contribution in [3.8, 4) is 22.9 Å². The molecule has 1 heterocycles. The molecule has 0 spiro atoms. The second kappa shape index (κ2) is 7.96. The van der Waals surface area contributed by atoms with E-state index in [0.29, 0.717) is 23.0 Å². The van der Waals surface area contributed by atoms with Gasteiger partial charge in [-0.3, -0.25) is 14.9 Å². The van der Waals surface area contributed by atoms with Crippen molar-refractivity contribution in [3.05, 3.63) is 99.9 Å². The van der Waals surface area contributed by atoms with E-state index in [4.69, 9.17) is 9.26 Å².